The number of hydrogen-bond acceptors (Lipinski definition) is 2. The normalized spacial score (nSPS) is 29.4. The van der Waals surface area contributed by atoms with Crippen LogP contribution in [0, 0.1) is 23.2 Å². The Bertz CT molecular complexity index is 1200. The van der Waals surface area contributed by atoms with Crippen molar-refractivity contribution in [3.05, 3.63) is 67.0 Å². The van der Waals surface area contributed by atoms with Crippen LogP contribution in [0.3, 0.4) is 0 Å². The van der Waals surface area contributed by atoms with Crippen LogP contribution in [0.15, 0.2) is 67.0 Å². The third kappa shape index (κ3) is 3.66. The van der Waals surface area contributed by atoms with Crippen molar-refractivity contribution < 1.29 is 0 Å². The number of hydrogen-bond donors (Lipinski definition) is 0. The van der Waals surface area contributed by atoms with Crippen LogP contribution in [-0.4, -0.2) is 19.1 Å². The predicted octanol–water partition coefficient (Wildman–Crippen LogP) is 7.67. The predicted molar refractivity (Wildman–Crippen MR) is 139 cm³/mol. The van der Waals surface area contributed by atoms with Crippen LogP contribution >= 0.6 is 0 Å². The summed E-state index contributed by atoms with van der Waals surface area (Å²) < 4.78 is 4.74. The SMILES string of the molecule is CCCC[C@H](CC1=CCC2C(CC[C@]3(C)C(n4cnc5ccccc54)=CCC23)C1)n1ccnc1. The molecule has 0 N–H and O–H groups in total. The zero-order valence-corrected chi connectivity index (χ0v) is 20.7. The van der Waals surface area contributed by atoms with E-state index in [9.17, 15) is 0 Å². The van der Waals surface area contributed by atoms with Gasteiger partial charge in [0.05, 0.1) is 17.4 Å². The Hall–Kier alpha value is -2.62. The third-order valence-corrected chi connectivity index (χ3v) is 9.38. The molecule has 0 bridgehead atoms. The summed E-state index contributed by atoms with van der Waals surface area (Å²) >= 11 is 0. The molecule has 178 valence electrons. The van der Waals surface area contributed by atoms with E-state index in [4.69, 9.17) is 4.98 Å². The molecule has 4 nitrogen and oxygen atoms in total. The third-order valence-electron chi connectivity index (χ3n) is 9.38. The van der Waals surface area contributed by atoms with E-state index in [1.165, 1.54) is 69.0 Å². The molecule has 6 rings (SSSR count). The van der Waals surface area contributed by atoms with E-state index in [0.717, 1.165) is 23.3 Å². The smallest absolute Gasteiger partial charge is 0.100 e. The van der Waals surface area contributed by atoms with Crippen molar-refractivity contribution in [3.8, 4) is 0 Å². The fraction of sp³-hybridized carbons (Fsp3) is 0.533. The second-order valence-corrected chi connectivity index (χ2v) is 11.2. The first-order valence-electron chi connectivity index (χ1n) is 13.5. The van der Waals surface area contributed by atoms with Gasteiger partial charge in [0.15, 0.2) is 0 Å². The molecule has 0 aliphatic heterocycles. The molecule has 5 atom stereocenters. The molecule has 3 unspecified atom stereocenters. The van der Waals surface area contributed by atoms with Crippen LogP contribution < -0.4 is 0 Å². The first-order chi connectivity index (χ1) is 16.7. The number of aromatic nitrogens is 4. The number of nitrogens with zero attached hydrogens (tertiary/aromatic N) is 4. The van der Waals surface area contributed by atoms with Gasteiger partial charge >= 0.3 is 0 Å². The first kappa shape index (κ1) is 21.9. The fourth-order valence-corrected chi connectivity index (χ4v) is 7.52. The minimum absolute atomic E-state index is 0.260. The number of fused-ring (bicyclic) bond motifs is 4. The lowest BCUT2D eigenvalue weighted by molar-refractivity contribution is 0.0595. The molecule has 0 saturated heterocycles. The zero-order chi connectivity index (χ0) is 23.1. The number of rotatable bonds is 7. The Labute approximate surface area is 203 Å². The number of benzene rings is 1. The van der Waals surface area contributed by atoms with E-state index in [1.54, 1.807) is 5.57 Å². The molecular formula is C30H38N4. The first-order valence-corrected chi connectivity index (χ1v) is 13.5. The van der Waals surface area contributed by atoms with Crippen LogP contribution in [0.25, 0.3) is 16.7 Å². The topological polar surface area (TPSA) is 35.6 Å². The summed E-state index contributed by atoms with van der Waals surface area (Å²) in [6.07, 6.45) is 24.8. The summed E-state index contributed by atoms with van der Waals surface area (Å²) in [5.74, 6) is 2.41. The number of allylic oxidation sites excluding steroid dienone is 4. The van der Waals surface area contributed by atoms with E-state index < -0.39 is 0 Å². The van der Waals surface area contributed by atoms with E-state index in [-0.39, 0.29) is 5.41 Å². The van der Waals surface area contributed by atoms with Crippen LogP contribution in [-0.2, 0) is 0 Å². The Balaban J connectivity index is 1.20. The van der Waals surface area contributed by atoms with Crippen LogP contribution in [0.2, 0.25) is 0 Å². The molecular weight excluding hydrogens is 416 g/mol. The monoisotopic (exact) mass is 454 g/mol. The Kier molecular flexibility index (Phi) is 5.71. The maximum Gasteiger partial charge on any atom is 0.100 e. The van der Waals surface area contributed by atoms with E-state index in [1.807, 2.05) is 12.5 Å². The summed E-state index contributed by atoms with van der Waals surface area (Å²) in [5.41, 5.74) is 5.81. The van der Waals surface area contributed by atoms with Crippen molar-refractivity contribution in [1.29, 1.82) is 0 Å². The summed E-state index contributed by atoms with van der Waals surface area (Å²) in [6.45, 7) is 4.84. The Morgan fingerprint density at radius 2 is 2.06 bits per heavy atom. The van der Waals surface area contributed by atoms with Gasteiger partial charge in [-0.3, -0.25) is 0 Å². The quantitative estimate of drug-likeness (QED) is 0.343. The van der Waals surface area contributed by atoms with Crippen LogP contribution in [0.4, 0.5) is 0 Å². The molecule has 0 amide bonds. The molecule has 1 saturated carbocycles. The minimum atomic E-state index is 0.260. The number of imidazole rings is 2. The summed E-state index contributed by atoms with van der Waals surface area (Å²) in [4.78, 5) is 9.03. The summed E-state index contributed by atoms with van der Waals surface area (Å²) in [5, 5.41) is 0. The average molecular weight is 455 g/mol. The van der Waals surface area contributed by atoms with Gasteiger partial charge in [-0.05, 0) is 74.8 Å². The lowest BCUT2D eigenvalue weighted by Crippen LogP contribution is -2.41. The molecule has 0 radical (unpaired) electrons. The van der Waals surface area contributed by atoms with Gasteiger partial charge in [0.1, 0.15) is 6.33 Å². The molecule has 3 aliphatic rings. The number of para-hydroxylation sites is 2. The van der Waals surface area contributed by atoms with E-state index in [2.05, 4.69) is 76.9 Å². The van der Waals surface area contributed by atoms with Gasteiger partial charge in [0.25, 0.3) is 0 Å². The summed E-state index contributed by atoms with van der Waals surface area (Å²) in [7, 11) is 0. The van der Waals surface area contributed by atoms with Crippen LogP contribution in [0.5, 0.6) is 0 Å². The van der Waals surface area contributed by atoms with Crippen molar-refractivity contribution in [1.82, 2.24) is 19.1 Å². The van der Waals surface area contributed by atoms with Gasteiger partial charge in [0, 0.05) is 29.5 Å². The lowest BCUT2D eigenvalue weighted by atomic mass is 9.56. The van der Waals surface area contributed by atoms with Gasteiger partial charge in [-0.25, -0.2) is 9.97 Å². The highest BCUT2D eigenvalue weighted by Gasteiger charge is 2.51. The largest absolute Gasteiger partial charge is 0.334 e. The maximum absolute atomic E-state index is 4.70. The standard InChI is InChI=1S/C30H38N4/c1-3-4-7-24(33-17-16-31-20-33)19-22-10-11-25-23(18-22)14-15-30(2)26(25)12-13-29(30)34-21-32-27-8-5-6-9-28(27)34/h5-6,8-10,13,16-17,20-21,23-26H,3-4,7,11-12,14-15,18-19H2,1-2H3/t23?,24-,25?,26?,30+/m1/s1. The van der Waals surface area contributed by atoms with Gasteiger partial charge in [0.2, 0.25) is 0 Å². The molecule has 34 heavy (non-hydrogen) atoms. The molecule has 1 fully saturated rings. The van der Waals surface area contributed by atoms with Crippen molar-refractivity contribution in [3.63, 3.8) is 0 Å². The molecule has 2 aromatic heterocycles. The van der Waals surface area contributed by atoms with Crippen LogP contribution in [0.1, 0.15) is 77.7 Å². The molecule has 3 aliphatic carbocycles. The van der Waals surface area contributed by atoms with Crippen molar-refractivity contribution in [2.24, 2.45) is 23.2 Å². The highest BCUT2D eigenvalue weighted by molar-refractivity contribution is 5.80. The van der Waals surface area contributed by atoms with Crippen molar-refractivity contribution in [2.45, 2.75) is 77.7 Å². The summed E-state index contributed by atoms with van der Waals surface area (Å²) in [6, 6.07) is 9.13. The second-order valence-electron chi connectivity index (χ2n) is 11.2. The Morgan fingerprint density at radius 3 is 2.91 bits per heavy atom. The molecule has 1 aromatic carbocycles. The molecule has 2 heterocycles. The highest BCUT2D eigenvalue weighted by atomic mass is 15.1. The van der Waals surface area contributed by atoms with Gasteiger partial charge in [-0.15, -0.1) is 0 Å². The van der Waals surface area contributed by atoms with E-state index >= 15 is 0 Å². The zero-order valence-electron chi connectivity index (χ0n) is 20.7. The van der Waals surface area contributed by atoms with E-state index in [0.29, 0.717) is 6.04 Å². The van der Waals surface area contributed by atoms with Crippen molar-refractivity contribution >= 4 is 16.7 Å². The molecule has 4 heteroatoms. The molecule has 3 aromatic rings. The Morgan fingerprint density at radius 1 is 1.15 bits per heavy atom. The maximum atomic E-state index is 4.70. The lowest BCUT2D eigenvalue weighted by Gasteiger charge is -2.49. The van der Waals surface area contributed by atoms with Gasteiger partial charge in [-0.1, -0.05) is 56.5 Å². The fourth-order valence-electron chi connectivity index (χ4n) is 7.52. The van der Waals surface area contributed by atoms with Crippen molar-refractivity contribution in [2.75, 3.05) is 0 Å². The highest BCUT2D eigenvalue weighted by Crippen LogP contribution is 2.60. The average Bonchev–Trinajstić information content (AvgIpc) is 3.60. The second kappa shape index (κ2) is 8.87. The number of unbranched alkanes of at least 4 members (excludes halogenated alkanes) is 1. The van der Waals surface area contributed by atoms with Gasteiger partial charge < -0.3 is 9.13 Å². The van der Waals surface area contributed by atoms with Gasteiger partial charge in [-0.2, -0.15) is 0 Å². The molecule has 0 spiro atoms. The minimum Gasteiger partial charge on any atom is -0.334 e.